The number of benzene rings is 2. The van der Waals surface area contributed by atoms with E-state index in [0.29, 0.717) is 17.6 Å². The SMILES string of the molecule is CCNC(=O)CCc1nc2ccccc2n(CC(=O)Nc2cc(C)ccc2C)c1=O. The van der Waals surface area contributed by atoms with Crippen LogP contribution in [-0.2, 0) is 22.6 Å². The molecule has 3 aromatic rings. The van der Waals surface area contributed by atoms with Crippen LogP contribution in [0.15, 0.2) is 47.3 Å². The molecule has 0 saturated heterocycles. The van der Waals surface area contributed by atoms with Crippen molar-refractivity contribution in [3.8, 4) is 0 Å². The minimum Gasteiger partial charge on any atom is -0.356 e. The Morgan fingerprint density at radius 2 is 1.83 bits per heavy atom. The molecule has 1 heterocycles. The smallest absolute Gasteiger partial charge is 0.273 e. The fourth-order valence-corrected chi connectivity index (χ4v) is 3.29. The number of fused-ring (bicyclic) bond motifs is 1. The maximum atomic E-state index is 13.1. The first-order chi connectivity index (χ1) is 14.4. The zero-order chi connectivity index (χ0) is 21.7. The van der Waals surface area contributed by atoms with Crippen molar-refractivity contribution >= 4 is 28.5 Å². The number of hydrogen-bond acceptors (Lipinski definition) is 4. The number of carbonyl (C=O) groups is 2. The molecular formula is C23H26N4O3. The molecule has 0 aliphatic rings. The number of nitrogens with zero attached hydrogens (tertiary/aromatic N) is 2. The van der Waals surface area contributed by atoms with E-state index in [1.165, 1.54) is 4.57 Å². The largest absolute Gasteiger partial charge is 0.356 e. The number of carbonyl (C=O) groups excluding carboxylic acids is 2. The average Bonchev–Trinajstić information content (AvgIpc) is 2.72. The van der Waals surface area contributed by atoms with Crippen molar-refractivity contribution in [3.63, 3.8) is 0 Å². The van der Waals surface area contributed by atoms with Crippen LogP contribution in [0.2, 0.25) is 0 Å². The van der Waals surface area contributed by atoms with E-state index in [9.17, 15) is 14.4 Å². The zero-order valence-corrected chi connectivity index (χ0v) is 17.5. The summed E-state index contributed by atoms with van der Waals surface area (Å²) in [4.78, 5) is 42.0. The topological polar surface area (TPSA) is 93.1 Å². The first-order valence-corrected chi connectivity index (χ1v) is 10.0. The van der Waals surface area contributed by atoms with E-state index in [1.807, 2.05) is 45.0 Å². The van der Waals surface area contributed by atoms with Crippen LogP contribution < -0.4 is 16.2 Å². The molecule has 0 fully saturated rings. The van der Waals surface area contributed by atoms with Gasteiger partial charge < -0.3 is 10.6 Å². The van der Waals surface area contributed by atoms with Crippen molar-refractivity contribution in [2.24, 2.45) is 0 Å². The number of hydrogen-bond donors (Lipinski definition) is 2. The molecule has 0 atom stereocenters. The Bertz CT molecular complexity index is 1150. The van der Waals surface area contributed by atoms with Gasteiger partial charge >= 0.3 is 0 Å². The summed E-state index contributed by atoms with van der Waals surface area (Å²) in [6.45, 7) is 6.11. The van der Waals surface area contributed by atoms with Gasteiger partial charge in [-0.2, -0.15) is 0 Å². The highest BCUT2D eigenvalue weighted by molar-refractivity contribution is 5.92. The van der Waals surface area contributed by atoms with Gasteiger partial charge in [0.2, 0.25) is 11.8 Å². The second kappa shape index (κ2) is 9.35. The number of aromatic nitrogens is 2. The molecule has 0 unspecified atom stereocenters. The Balaban J connectivity index is 1.90. The first kappa shape index (κ1) is 21.2. The fraction of sp³-hybridized carbons (Fsp3) is 0.304. The van der Waals surface area contributed by atoms with Gasteiger partial charge in [-0.05, 0) is 50.1 Å². The lowest BCUT2D eigenvalue weighted by Crippen LogP contribution is -2.32. The lowest BCUT2D eigenvalue weighted by atomic mass is 10.1. The van der Waals surface area contributed by atoms with E-state index in [0.717, 1.165) is 16.8 Å². The Labute approximate surface area is 175 Å². The number of amides is 2. The second-order valence-corrected chi connectivity index (χ2v) is 7.26. The molecule has 30 heavy (non-hydrogen) atoms. The summed E-state index contributed by atoms with van der Waals surface area (Å²) in [6.07, 6.45) is 0.386. The van der Waals surface area contributed by atoms with E-state index >= 15 is 0 Å². The Morgan fingerprint density at radius 1 is 1.07 bits per heavy atom. The highest BCUT2D eigenvalue weighted by Crippen LogP contribution is 2.17. The van der Waals surface area contributed by atoms with Gasteiger partial charge in [0, 0.05) is 25.1 Å². The van der Waals surface area contributed by atoms with E-state index in [-0.39, 0.29) is 42.5 Å². The van der Waals surface area contributed by atoms with Crippen LogP contribution in [0.25, 0.3) is 11.0 Å². The summed E-state index contributed by atoms with van der Waals surface area (Å²) in [5, 5.41) is 5.61. The van der Waals surface area contributed by atoms with Crippen LogP contribution in [0.3, 0.4) is 0 Å². The predicted octanol–water partition coefficient (Wildman–Crippen LogP) is 2.72. The highest BCUT2D eigenvalue weighted by atomic mass is 16.2. The molecule has 2 N–H and O–H groups in total. The van der Waals surface area contributed by atoms with Crippen molar-refractivity contribution in [1.82, 2.24) is 14.9 Å². The minimum atomic E-state index is -0.353. The number of anilines is 1. The van der Waals surface area contributed by atoms with Gasteiger partial charge in [0.15, 0.2) is 0 Å². The van der Waals surface area contributed by atoms with Crippen molar-refractivity contribution in [2.45, 2.75) is 40.2 Å². The number of rotatable bonds is 7. The number of nitrogens with one attached hydrogen (secondary N) is 2. The van der Waals surface area contributed by atoms with Gasteiger partial charge in [-0.25, -0.2) is 4.98 Å². The standard InChI is InChI=1S/C23H26N4O3/c1-4-24-21(28)12-11-18-23(30)27(20-8-6-5-7-17(20)25-18)14-22(29)26-19-13-15(2)9-10-16(19)3/h5-10,13H,4,11-12,14H2,1-3H3,(H,24,28)(H,26,29). The maximum Gasteiger partial charge on any atom is 0.273 e. The summed E-state index contributed by atoms with van der Waals surface area (Å²) in [5.74, 6) is -0.428. The molecule has 2 aromatic carbocycles. The van der Waals surface area contributed by atoms with Gasteiger partial charge in [-0.15, -0.1) is 0 Å². The molecule has 3 rings (SSSR count). The van der Waals surface area contributed by atoms with Crippen LogP contribution in [0.5, 0.6) is 0 Å². The molecule has 1 aromatic heterocycles. The molecule has 0 radical (unpaired) electrons. The van der Waals surface area contributed by atoms with Crippen LogP contribution >= 0.6 is 0 Å². The van der Waals surface area contributed by atoms with Crippen molar-refractivity contribution in [2.75, 3.05) is 11.9 Å². The molecule has 0 spiro atoms. The highest BCUT2D eigenvalue weighted by Gasteiger charge is 2.15. The third kappa shape index (κ3) is 4.92. The van der Waals surface area contributed by atoms with Gasteiger partial charge in [-0.3, -0.25) is 19.0 Å². The third-order valence-corrected chi connectivity index (χ3v) is 4.85. The van der Waals surface area contributed by atoms with Crippen LogP contribution in [0.4, 0.5) is 5.69 Å². The van der Waals surface area contributed by atoms with Crippen LogP contribution in [0, 0.1) is 13.8 Å². The number of aryl methyl sites for hydroxylation is 3. The first-order valence-electron chi connectivity index (χ1n) is 10.0. The molecule has 0 bridgehead atoms. The Morgan fingerprint density at radius 3 is 2.60 bits per heavy atom. The van der Waals surface area contributed by atoms with E-state index < -0.39 is 0 Å². The van der Waals surface area contributed by atoms with E-state index in [1.54, 1.807) is 18.2 Å². The third-order valence-electron chi connectivity index (χ3n) is 4.85. The molecule has 156 valence electrons. The fourth-order valence-electron chi connectivity index (χ4n) is 3.29. The molecule has 0 aliphatic carbocycles. The van der Waals surface area contributed by atoms with E-state index in [4.69, 9.17) is 0 Å². The van der Waals surface area contributed by atoms with Crippen LogP contribution in [0.1, 0.15) is 30.2 Å². The monoisotopic (exact) mass is 406 g/mol. The summed E-state index contributed by atoms with van der Waals surface area (Å²) in [5.41, 5.74) is 3.83. The average molecular weight is 406 g/mol. The molecule has 0 saturated carbocycles. The summed E-state index contributed by atoms with van der Waals surface area (Å²) >= 11 is 0. The normalized spacial score (nSPS) is 10.8. The molecule has 7 nitrogen and oxygen atoms in total. The van der Waals surface area contributed by atoms with E-state index in [2.05, 4.69) is 15.6 Å². The Kier molecular flexibility index (Phi) is 6.61. The maximum absolute atomic E-state index is 13.1. The Hall–Kier alpha value is -3.48. The number of para-hydroxylation sites is 2. The minimum absolute atomic E-state index is 0.133. The summed E-state index contributed by atoms with van der Waals surface area (Å²) < 4.78 is 1.43. The van der Waals surface area contributed by atoms with Gasteiger partial charge in [0.05, 0.1) is 11.0 Å². The molecular weight excluding hydrogens is 380 g/mol. The molecule has 2 amide bonds. The van der Waals surface area contributed by atoms with Crippen LogP contribution in [-0.4, -0.2) is 27.9 Å². The molecule has 0 aliphatic heterocycles. The van der Waals surface area contributed by atoms with Crippen molar-refractivity contribution in [1.29, 1.82) is 0 Å². The summed E-state index contributed by atoms with van der Waals surface area (Å²) in [6, 6.07) is 13.0. The van der Waals surface area contributed by atoms with Crippen molar-refractivity contribution in [3.05, 3.63) is 69.6 Å². The molecule has 7 heteroatoms. The lowest BCUT2D eigenvalue weighted by molar-refractivity contribution is -0.121. The zero-order valence-electron chi connectivity index (χ0n) is 17.5. The second-order valence-electron chi connectivity index (χ2n) is 7.26. The van der Waals surface area contributed by atoms with Gasteiger partial charge in [0.25, 0.3) is 5.56 Å². The van der Waals surface area contributed by atoms with Crippen molar-refractivity contribution < 1.29 is 9.59 Å². The van der Waals surface area contributed by atoms with Gasteiger partial charge in [0.1, 0.15) is 12.2 Å². The lowest BCUT2D eigenvalue weighted by Gasteiger charge is -2.14. The quantitative estimate of drug-likeness (QED) is 0.631. The summed E-state index contributed by atoms with van der Waals surface area (Å²) in [7, 11) is 0. The van der Waals surface area contributed by atoms with Gasteiger partial charge in [-0.1, -0.05) is 24.3 Å². The predicted molar refractivity (Wildman–Crippen MR) is 118 cm³/mol.